The maximum absolute atomic E-state index is 12.0. The first-order valence-electron chi connectivity index (χ1n) is 7.36. The summed E-state index contributed by atoms with van der Waals surface area (Å²) in [4.78, 5) is 31.1. The zero-order valence-corrected chi connectivity index (χ0v) is 13.8. The molecule has 2 amide bonds. The largest absolute Gasteiger partial charge is 0.476 e. The Bertz CT molecular complexity index is 896. The van der Waals surface area contributed by atoms with Gasteiger partial charge in [0.1, 0.15) is 10.8 Å². The molecular formula is C17H14N4O3S. The SMILES string of the molecule is O=C(NCc1ccccc1-c1nc(C(=O)O)cs1)Nc1ccccn1. The van der Waals surface area contributed by atoms with Crippen molar-refractivity contribution in [3.63, 3.8) is 0 Å². The summed E-state index contributed by atoms with van der Waals surface area (Å²) < 4.78 is 0. The van der Waals surface area contributed by atoms with Gasteiger partial charge in [0.2, 0.25) is 0 Å². The molecule has 0 saturated heterocycles. The lowest BCUT2D eigenvalue weighted by atomic mass is 10.1. The molecule has 0 atom stereocenters. The van der Waals surface area contributed by atoms with Crippen molar-refractivity contribution in [2.45, 2.75) is 6.54 Å². The van der Waals surface area contributed by atoms with Crippen LogP contribution in [0.5, 0.6) is 0 Å². The Balaban J connectivity index is 1.70. The molecule has 0 aliphatic carbocycles. The molecule has 0 aliphatic heterocycles. The van der Waals surface area contributed by atoms with Gasteiger partial charge in [-0.15, -0.1) is 11.3 Å². The average Bonchev–Trinajstić information content (AvgIpc) is 3.11. The van der Waals surface area contributed by atoms with E-state index in [1.807, 2.05) is 24.3 Å². The smallest absolute Gasteiger partial charge is 0.355 e. The zero-order chi connectivity index (χ0) is 17.6. The number of rotatable bonds is 5. The van der Waals surface area contributed by atoms with E-state index in [1.54, 1.807) is 24.4 Å². The van der Waals surface area contributed by atoms with Crippen molar-refractivity contribution >= 4 is 29.2 Å². The maximum Gasteiger partial charge on any atom is 0.355 e. The fourth-order valence-electron chi connectivity index (χ4n) is 2.15. The van der Waals surface area contributed by atoms with Crippen molar-refractivity contribution in [2.24, 2.45) is 0 Å². The van der Waals surface area contributed by atoms with Crippen molar-refractivity contribution < 1.29 is 14.7 Å². The molecule has 2 aromatic heterocycles. The van der Waals surface area contributed by atoms with Crippen LogP contribution in [0.1, 0.15) is 16.1 Å². The number of nitrogens with one attached hydrogen (secondary N) is 2. The van der Waals surface area contributed by atoms with Gasteiger partial charge in [-0.05, 0) is 17.7 Å². The second-order valence-corrected chi connectivity index (χ2v) is 5.88. The number of pyridine rings is 1. The number of anilines is 1. The Morgan fingerprint density at radius 2 is 1.92 bits per heavy atom. The summed E-state index contributed by atoms with van der Waals surface area (Å²) in [5, 5.41) is 16.5. The van der Waals surface area contributed by atoms with Gasteiger partial charge >= 0.3 is 12.0 Å². The molecule has 1 aromatic carbocycles. The highest BCUT2D eigenvalue weighted by molar-refractivity contribution is 7.13. The monoisotopic (exact) mass is 354 g/mol. The number of urea groups is 1. The number of benzene rings is 1. The van der Waals surface area contributed by atoms with Crippen LogP contribution in [0.4, 0.5) is 10.6 Å². The maximum atomic E-state index is 12.0. The van der Waals surface area contributed by atoms with Crippen LogP contribution in [0, 0.1) is 0 Å². The Hall–Kier alpha value is -3.26. The zero-order valence-electron chi connectivity index (χ0n) is 13.0. The van der Waals surface area contributed by atoms with E-state index in [1.165, 1.54) is 16.7 Å². The Labute approximate surface area is 147 Å². The van der Waals surface area contributed by atoms with E-state index in [2.05, 4.69) is 20.6 Å². The second-order valence-electron chi connectivity index (χ2n) is 5.02. The van der Waals surface area contributed by atoms with E-state index in [-0.39, 0.29) is 18.3 Å². The highest BCUT2D eigenvalue weighted by atomic mass is 32.1. The van der Waals surface area contributed by atoms with E-state index < -0.39 is 5.97 Å². The van der Waals surface area contributed by atoms with Crippen LogP contribution in [0.25, 0.3) is 10.6 Å². The lowest BCUT2D eigenvalue weighted by Gasteiger charge is -2.10. The molecule has 0 unspecified atom stereocenters. The van der Waals surface area contributed by atoms with Crippen molar-refractivity contribution in [2.75, 3.05) is 5.32 Å². The third-order valence-corrected chi connectivity index (χ3v) is 4.19. The molecule has 8 heteroatoms. The summed E-state index contributed by atoms with van der Waals surface area (Å²) in [5.74, 6) is -0.604. The number of hydrogen-bond donors (Lipinski definition) is 3. The number of carboxylic acids is 1. The first kappa shape index (κ1) is 16.6. The third kappa shape index (κ3) is 4.18. The first-order chi connectivity index (χ1) is 12.1. The van der Waals surface area contributed by atoms with E-state index in [0.717, 1.165) is 11.1 Å². The van der Waals surface area contributed by atoms with Gasteiger partial charge in [0.25, 0.3) is 0 Å². The van der Waals surface area contributed by atoms with Crippen LogP contribution < -0.4 is 10.6 Å². The number of thiazole rings is 1. The van der Waals surface area contributed by atoms with Crippen molar-refractivity contribution in [1.82, 2.24) is 15.3 Å². The molecule has 3 N–H and O–H groups in total. The number of amides is 2. The molecule has 2 heterocycles. The van der Waals surface area contributed by atoms with Crippen LogP contribution >= 0.6 is 11.3 Å². The molecule has 0 spiro atoms. The number of carbonyl (C=O) groups is 2. The van der Waals surface area contributed by atoms with Crippen LogP contribution in [-0.4, -0.2) is 27.1 Å². The molecule has 0 bridgehead atoms. The average molecular weight is 354 g/mol. The highest BCUT2D eigenvalue weighted by Gasteiger charge is 2.13. The summed E-state index contributed by atoms with van der Waals surface area (Å²) in [6.07, 6.45) is 1.59. The minimum absolute atomic E-state index is 0.00987. The number of carboxylic acid groups (broad SMARTS) is 1. The summed E-state index contributed by atoms with van der Waals surface area (Å²) in [6, 6.07) is 12.3. The van der Waals surface area contributed by atoms with E-state index in [4.69, 9.17) is 5.11 Å². The van der Waals surface area contributed by atoms with Crippen molar-refractivity contribution in [3.05, 3.63) is 65.3 Å². The minimum atomic E-state index is -1.06. The van der Waals surface area contributed by atoms with E-state index in [0.29, 0.717) is 10.8 Å². The number of nitrogens with zero attached hydrogens (tertiary/aromatic N) is 2. The minimum Gasteiger partial charge on any atom is -0.476 e. The molecule has 0 fully saturated rings. The quantitative estimate of drug-likeness (QED) is 0.652. The summed E-state index contributed by atoms with van der Waals surface area (Å²) in [5.41, 5.74) is 1.64. The molecule has 3 aromatic rings. The van der Waals surface area contributed by atoms with E-state index >= 15 is 0 Å². The van der Waals surface area contributed by atoms with Gasteiger partial charge in [-0.25, -0.2) is 19.6 Å². The van der Waals surface area contributed by atoms with Crippen LogP contribution in [0.3, 0.4) is 0 Å². The summed E-state index contributed by atoms with van der Waals surface area (Å²) >= 11 is 1.25. The van der Waals surface area contributed by atoms with Gasteiger partial charge in [0, 0.05) is 23.7 Å². The normalized spacial score (nSPS) is 10.2. The lowest BCUT2D eigenvalue weighted by Crippen LogP contribution is -2.28. The van der Waals surface area contributed by atoms with Crippen molar-refractivity contribution in [1.29, 1.82) is 0 Å². The topological polar surface area (TPSA) is 104 Å². The van der Waals surface area contributed by atoms with Gasteiger partial charge in [-0.3, -0.25) is 5.32 Å². The van der Waals surface area contributed by atoms with Gasteiger partial charge in [-0.2, -0.15) is 0 Å². The Morgan fingerprint density at radius 1 is 1.12 bits per heavy atom. The molecule has 126 valence electrons. The second kappa shape index (κ2) is 7.54. The Kier molecular flexibility index (Phi) is 5.00. The molecule has 25 heavy (non-hydrogen) atoms. The molecule has 3 rings (SSSR count). The third-order valence-electron chi connectivity index (χ3n) is 3.32. The molecule has 7 nitrogen and oxygen atoms in total. The standard InChI is InChI=1S/C17H14N4O3S/c22-16(23)13-10-25-15(20-13)12-6-2-1-5-11(12)9-19-17(24)21-14-7-3-4-8-18-14/h1-8,10H,9H2,(H,22,23)(H2,18,19,21,24). The van der Waals surface area contributed by atoms with Crippen LogP contribution in [0.2, 0.25) is 0 Å². The van der Waals surface area contributed by atoms with E-state index in [9.17, 15) is 9.59 Å². The lowest BCUT2D eigenvalue weighted by molar-refractivity contribution is 0.0691. The van der Waals surface area contributed by atoms with Gasteiger partial charge in [0.15, 0.2) is 5.69 Å². The summed E-state index contributed by atoms with van der Waals surface area (Å²) in [7, 11) is 0. The fraction of sp³-hybridized carbons (Fsp3) is 0.0588. The number of carbonyl (C=O) groups excluding carboxylic acids is 1. The predicted octanol–water partition coefficient (Wildman–Crippen LogP) is 3.23. The van der Waals surface area contributed by atoms with Crippen LogP contribution in [-0.2, 0) is 6.54 Å². The first-order valence-corrected chi connectivity index (χ1v) is 8.24. The molecule has 0 radical (unpaired) electrons. The molecule has 0 aliphatic rings. The number of aromatic nitrogens is 2. The predicted molar refractivity (Wildman–Crippen MR) is 94.6 cm³/mol. The molecular weight excluding hydrogens is 340 g/mol. The summed E-state index contributed by atoms with van der Waals surface area (Å²) in [6.45, 7) is 0.275. The Morgan fingerprint density at radius 3 is 2.64 bits per heavy atom. The van der Waals surface area contributed by atoms with Crippen LogP contribution in [0.15, 0.2) is 54.0 Å². The fourth-order valence-corrected chi connectivity index (χ4v) is 3.01. The van der Waals surface area contributed by atoms with Gasteiger partial charge < -0.3 is 10.4 Å². The highest BCUT2D eigenvalue weighted by Crippen LogP contribution is 2.27. The number of hydrogen-bond acceptors (Lipinski definition) is 5. The van der Waals surface area contributed by atoms with Crippen molar-refractivity contribution in [3.8, 4) is 10.6 Å². The van der Waals surface area contributed by atoms with Gasteiger partial charge in [0.05, 0.1) is 0 Å². The van der Waals surface area contributed by atoms with Gasteiger partial charge in [-0.1, -0.05) is 30.3 Å². The number of aromatic carboxylic acids is 1. The molecule has 0 saturated carbocycles.